The highest BCUT2D eigenvalue weighted by atomic mass is 16.8. The third-order valence-electron chi connectivity index (χ3n) is 8.97. The van der Waals surface area contributed by atoms with Gasteiger partial charge in [0.05, 0.1) is 25.9 Å². The van der Waals surface area contributed by atoms with E-state index in [9.17, 15) is 65.8 Å². The molecule has 50 heavy (non-hydrogen) atoms. The van der Waals surface area contributed by atoms with Crippen molar-refractivity contribution in [1.29, 1.82) is 0 Å². The van der Waals surface area contributed by atoms with E-state index >= 15 is 0 Å². The highest BCUT2D eigenvalue weighted by Crippen LogP contribution is 2.36. The molecule has 2 amide bonds. The monoisotopic (exact) mass is 732 g/mol. The first-order chi connectivity index (χ1) is 23.5. The Morgan fingerprint density at radius 3 is 1.58 bits per heavy atom. The standard InChI is InChI=1S/C28H48N2O20/c1-7-15(36)20(41)21(42)27(44-7)50-24-23(49-26-13(29-8(2)34)19(40)16(37)10(4-31)46-26)18(39)12(6-33)47-28(24)48-22-14(30-9(3)35)25(43)45-11(5-32)17(22)38/h7,10-28,31-33,36-43H,4-6H2,1-3H3,(H,29,34)(H,30,35)/t7-,10+,11+,12+,13+,14+,15+,16-,17-,18-,19+,20+,21-,22+,23-,24+,25+,26+,27-,28-/m0/s1. The lowest BCUT2D eigenvalue weighted by atomic mass is 9.94. The molecule has 0 aromatic rings. The molecule has 4 rings (SSSR count). The van der Waals surface area contributed by atoms with Crippen molar-refractivity contribution in [3.63, 3.8) is 0 Å². The molecule has 4 aliphatic heterocycles. The Hall–Kier alpha value is -1.78. The lowest BCUT2D eigenvalue weighted by molar-refractivity contribution is -0.396. The number of aliphatic hydroxyl groups is 11. The number of amides is 2. The van der Waals surface area contributed by atoms with Crippen molar-refractivity contribution in [2.75, 3.05) is 19.8 Å². The molecule has 0 aromatic heterocycles. The molecule has 0 spiro atoms. The van der Waals surface area contributed by atoms with Crippen LogP contribution < -0.4 is 10.6 Å². The quantitative estimate of drug-likeness (QED) is 0.0938. The largest absolute Gasteiger partial charge is 0.394 e. The van der Waals surface area contributed by atoms with Crippen LogP contribution >= 0.6 is 0 Å². The normalized spacial score (nSPS) is 48.5. The van der Waals surface area contributed by atoms with E-state index in [2.05, 4.69) is 10.6 Å². The third kappa shape index (κ3) is 8.70. The van der Waals surface area contributed by atoms with Crippen molar-refractivity contribution in [2.24, 2.45) is 0 Å². The van der Waals surface area contributed by atoms with Crippen LogP contribution in [-0.2, 0) is 42.7 Å². The number of aliphatic hydroxyl groups excluding tert-OH is 11. The van der Waals surface area contributed by atoms with Gasteiger partial charge in [-0.2, -0.15) is 0 Å². The van der Waals surface area contributed by atoms with E-state index in [-0.39, 0.29) is 0 Å². The zero-order chi connectivity index (χ0) is 37.2. The fourth-order valence-electron chi connectivity index (χ4n) is 6.26. The predicted molar refractivity (Wildman–Crippen MR) is 156 cm³/mol. The van der Waals surface area contributed by atoms with Crippen LogP contribution in [0.2, 0.25) is 0 Å². The average molecular weight is 733 g/mol. The van der Waals surface area contributed by atoms with E-state index < -0.39 is 154 Å². The Balaban J connectivity index is 1.77. The van der Waals surface area contributed by atoms with E-state index in [1.54, 1.807) is 0 Å². The minimum atomic E-state index is -1.95. The molecule has 0 saturated carbocycles. The molecule has 290 valence electrons. The molecule has 0 aromatic carbocycles. The molecular formula is C28H48N2O20. The van der Waals surface area contributed by atoms with Crippen LogP contribution in [0, 0.1) is 0 Å². The maximum Gasteiger partial charge on any atom is 0.217 e. The van der Waals surface area contributed by atoms with Crippen LogP contribution in [0.15, 0.2) is 0 Å². The van der Waals surface area contributed by atoms with Gasteiger partial charge in [-0.15, -0.1) is 0 Å². The van der Waals surface area contributed by atoms with Crippen molar-refractivity contribution in [1.82, 2.24) is 10.6 Å². The summed E-state index contributed by atoms with van der Waals surface area (Å²) in [5.74, 6) is -1.42. The van der Waals surface area contributed by atoms with Crippen LogP contribution in [0.4, 0.5) is 0 Å². The Morgan fingerprint density at radius 1 is 0.520 bits per heavy atom. The molecule has 4 aliphatic rings. The maximum atomic E-state index is 12.1. The fourth-order valence-corrected chi connectivity index (χ4v) is 6.26. The Labute approximate surface area is 285 Å². The highest BCUT2D eigenvalue weighted by molar-refractivity contribution is 5.73. The number of hydrogen-bond acceptors (Lipinski definition) is 20. The van der Waals surface area contributed by atoms with E-state index in [0.717, 1.165) is 13.8 Å². The second-order valence-electron chi connectivity index (χ2n) is 12.6. The van der Waals surface area contributed by atoms with E-state index in [0.29, 0.717) is 0 Å². The topological polar surface area (TPSA) is 345 Å². The van der Waals surface area contributed by atoms with Gasteiger partial charge in [-0.1, -0.05) is 0 Å². The van der Waals surface area contributed by atoms with Gasteiger partial charge in [-0.05, 0) is 6.92 Å². The summed E-state index contributed by atoms with van der Waals surface area (Å²) in [4.78, 5) is 24.1. The van der Waals surface area contributed by atoms with Crippen molar-refractivity contribution < 1.29 is 98.9 Å². The van der Waals surface area contributed by atoms with Crippen LogP contribution in [-0.4, -0.2) is 211 Å². The summed E-state index contributed by atoms with van der Waals surface area (Å²) < 4.78 is 40.3. The van der Waals surface area contributed by atoms with Crippen molar-refractivity contribution in [2.45, 2.75) is 143 Å². The Bertz CT molecular complexity index is 1130. The van der Waals surface area contributed by atoms with Gasteiger partial charge in [-0.25, -0.2) is 0 Å². The first kappa shape index (κ1) is 41.0. The smallest absolute Gasteiger partial charge is 0.217 e. The van der Waals surface area contributed by atoms with Gasteiger partial charge in [0.2, 0.25) is 11.8 Å². The Morgan fingerprint density at radius 2 is 1.00 bits per heavy atom. The van der Waals surface area contributed by atoms with Crippen LogP contribution in [0.5, 0.6) is 0 Å². The van der Waals surface area contributed by atoms with Crippen LogP contribution in [0.25, 0.3) is 0 Å². The maximum absolute atomic E-state index is 12.1. The van der Waals surface area contributed by atoms with Gasteiger partial charge < -0.3 is 100.0 Å². The molecule has 4 heterocycles. The number of nitrogens with one attached hydrogen (secondary N) is 2. The van der Waals surface area contributed by atoms with Crippen LogP contribution in [0.3, 0.4) is 0 Å². The third-order valence-corrected chi connectivity index (χ3v) is 8.97. The van der Waals surface area contributed by atoms with Gasteiger partial charge in [-0.3, -0.25) is 9.59 Å². The van der Waals surface area contributed by atoms with Gasteiger partial charge in [0.1, 0.15) is 91.4 Å². The molecule has 4 saturated heterocycles. The molecule has 20 atom stereocenters. The number of rotatable bonds is 11. The zero-order valence-electron chi connectivity index (χ0n) is 27.3. The Kier molecular flexibility index (Phi) is 14.2. The molecular weight excluding hydrogens is 684 g/mol. The summed E-state index contributed by atoms with van der Waals surface area (Å²) in [7, 11) is 0. The molecule has 22 heteroatoms. The summed E-state index contributed by atoms with van der Waals surface area (Å²) in [6.07, 6.45) is -31.1. The first-order valence-electron chi connectivity index (χ1n) is 15.9. The van der Waals surface area contributed by atoms with E-state index in [1.165, 1.54) is 6.92 Å². The van der Waals surface area contributed by atoms with Crippen molar-refractivity contribution >= 4 is 11.8 Å². The number of ether oxygens (including phenoxy) is 7. The van der Waals surface area contributed by atoms with Gasteiger partial charge in [0.15, 0.2) is 25.2 Å². The second kappa shape index (κ2) is 17.4. The van der Waals surface area contributed by atoms with Crippen molar-refractivity contribution in [3.05, 3.63) is 0 Å². The first-order valence-corrected chi connectivity index (χ1v) is 15.9. The lowest BCUT2D eigenvalue weighted by Crippen LogP contribution is -2.70. The number of carbonyl (C=O) groups excluding carboxylic acids is 2. The highest BCUT2D eigenvalue weighted by Gasteiger charge is 2.56. The molecule has 22 nitrogen and oxygen atoms in total. The molecule has 4 fully saturated rings. The number of carbonyl (C=O) groups is 2. The summed E-state index contributed by atoms with van der Waals surface area (Å²) in [6.45, 7) is 0.914. The van der Waals surface area contributed by atoms with Gasteiger partial charge in [0.25, 0.3) is 0 Å². The predicted octanol–water partition coefficient (Wildman–Crippen LogP) is -8.43. The molecule has 13 N–H and O–H groups in total. The summed E-state index contributed by atoms with van der Waals surface area (Å²) >= 11 is 0. The zero-order valence-corrected chi connectivity index (χ0v) is 27.3. The van der Waals surface area contributed by atoms with E-state index in [1.807, 2.05) is 0 Å². The second-order valence-corrected chi connectivity index (χ2v) is 12.6. The van der Waals surface area contributed by atoms with Gasteiger partial charge >= 0.3 is 0 Å². The summed E-state index contributed by atoms with van der Waals surface area (Å²) in [5.41, 5.74) is 0. The molecule has 0 bridgehead atoms. The number of hydrogen-bond donors (Lipinski definition) is 13. The van der Waals surface area contributed by atoms with Crippen LogP contribution in [0.1, 0.15) is 20.8 Å². The molecule has 0 unspecified atom stereocenters. The minimum absolute atomic E-state index is 0.707. The molecule has 0 aliphatic carbocycles. The van der Waals surface area contributed by atoms with Gasteiger partial charge in [0, 0.05) is 13.8 Å². The van der Waals surface area contributed by atoms with E-state index in [4.69, 9.17) is 33.2 Å². The summed E-state index contributed by atoms with van der Waals surface area (Å²) in [6, 6.07) is -3.09. The molecule has 0 radical (unpaired) electrons. The lowest BCUT2D eigenvalue weighted by Gasteiger charge is -2.51. The summed E-state index contributed by atoms with van der Waals surface area (Å²) in [5, 5.41) is 120. The fraction of sp³-hybridized carbons (Fsp3) is 0.929. The minimum Gasteiger partial charge on any atom is -0.394 e. The average Bonchev–Trinajstić information content (AvgIpc) is 3.07. The van der Waals surface area contributed by atoms with Crippen molar-refractivity contribution in [3.8, 4) is 0 Å². The SMILES string of the molecule is CC(=O)N[C@@H]1[C@@H](O[C@@H]2O[C@H](CO)[C@H](O)[C@H](O[C@H]3O[C@H](CO)[C@H](O)[C@H](O)[C@H]3NC(C)=O)[C@H]2O[C@@H]2O[C@@H](C)[C@@H](O)[C@@H](O)[C@@H]2O)[C@@H](O)[C@@H](CO)O[C@H]1O.